The van der Waals surface area contributed by atoms with Gasteiger partial charge in [-0.3, -0.25) is 13.9 Å². The predicted octanol–water partition coefficient (Wildman–Crippen LogP) is 3.04. The number of hydrogen-bond acceptors (Lipinski definition) is 3. The summed E-state index contributed by atoms with van der Waals surface area (Å²) < 4.78 is 13.4. The first-order chi connectivity index (χ1) is 11.2. The second-order valence-electron chi connectivity index (χ2n) is 5.48. The van der Waals surface area contributed by atoms with Gasteiger partial charge in [0, 0.05) is 17.1 Å². The highest BCUT2D eigenvalue weighted by molar-refractivity contribution is 9.10. The van der Waals surface area contributed by atoms with E-state index < -0.39 is 7.60 Å². The van der Waals surface area contributed by atoms with Gasteiger partial charge in [0.2, 0.25) is 0 Å². The molecule has 2 aromatic carbocycles. The molecular weight excluding hydrogens is 395 g/mol. The first-order valence-corrected chi connectivity index (χ1v) is 9.64. The van der Waals surface area contributed by atoms with E-state index in [1.807, 2.05) is 0 Å². The minimum Gasteiger partial charge on any atom is -0.324 e. The van der Waals surface area contributed by atoms with Gasteiger partial charge in [-0.2, -0.15) is 0 Å². The third-order valence-electron chi connectivity index (χ3n) is 3.64. The lowest BCUT2D eigenvalue weighted by Gasteiger charge is -2.10. The van der Waals surface area contributed by atoms with E-state index >= 15 is 0 Å². The Balaban J connectivity index is 2.10. The molecule has 24 heavy (non-hydrogen) atoms. The fourth-order valence-corrected chi connectivity index (χ4v) is 3.53. The van der Waals surface area contributed by atoms with Crippen LogP contribution in [0.2, 0.25) is 0 Å². The van der Waals surface area contributed by atoms with Crippen molar-refractivity contribution in [3.8, 4) is 11.4 Å². The van der Waals surface area contributed by atoms with Crippen molar-refractivity contribution >= 4 is 34.4 Å². The topological polar surface area (TPSA) is 92.4 Å². The van der Waals surface area contributed by atoms with E-state index in [2.05, 4.69) is 20.9 Å². The first kappa shape index (κ1) is 17.0. The van der Waals surface area contributed by atoms with Crippen LogP contribution >= 0.6 is 23.5 Å². The molecule has 0 unspecified atom stereocenters. The summed E-state index contributed by atoms with van der Waals surface area (Å²) >= 11 is 3.37. The molecule has 0 bridgehead atoms. The molecule has 0 radical (unpaired) electrons. The standard InChI is InChI=1S/C16H14BrN2O4P/c1-19-15(11-4-2-10(3-5-11)9-24(21,22)23)18-14-8-12(17)6-7-13(14)16(19)20/h2-8H,9H2,1H3,(H2,21,22,23). The molecule has 0 aliphatic rings. The van der Waals surface area contributed by atoms with E-state index in [0.29, 0.717) is 27.9 Å². The van der Waals surface area contributed by atoms with Crippen LogP contribution < -0.4 is 5.56 Å². The third kappa shape index (κ3) is 3.49. The van der Waals surface area contributed by atoms with Crippen LogP contribution in [-0.4, -0.2) is 19.3 Å². The Morgan fingerprint density at radius 1 is 1.17 bits per heavy atom. The zero-order chi connectivity index (χ0) is 17.5. The number of hydrogen-bond donors (Lipinski definition) is 2. The van der Waals surface area contributed by atoms with Crippen LogP contribution in [0.15, 0.2) is 51.7 Å². The molecule has 8 heteroatoms. The summed E-state index contributed by atoms with van der Waals surface area (Å²) in [5.41, 5.74) is 1.66. The van der Waals surface area contributed by atoms with Crippen LogP contribution in [0, 0.1) is 0 Å². The minimum absolute atomic E-state index is 0.151. The Labute approximate surface area is 146 Å². The predicted molar refractivity (Wildman–Crippen MR) is 95.9 cm³/mol. The van der Waals surface area contributed by atoms with Crippen molar-refractivity contribution in [3.05, 3.63) is 62.9 Å². The lowest BCUT2D eigenvalue weighted by molar-refractivity contribution is 0.371. The van der Waals surface area contributed by atoms with E-state index in [4.69, 9.17) is 9.79 Å². The maximum atomic E-state index is 12.5. The van der Waals surface area contributed by atoms with Gasteiger partial charge in [-0.25, -0.2) is 4.98 Å². The van der Waals surface area contributed by atoms with Crippen molar-refractivity contribution in [3.63, 3.8) is 0 Å². The van der Waals surface area contributed by atoms with Crippen molar-refractivity contribution in [2.45, 2.75) is 6.16 Å². The van der Waals surface area contributed by atoms with Crippen molar-refractivity contribution in [1.29, 1.82) is 0 Å². The molecule has 0 spiro atoms. The van der Waals surface area contributed by atoms with Gasteiger partial charge in [0.25, 0.3) is 5.56 Å². The fraction of sp³-hybridized carbons (Fsp3) is 0.125. The van der Waals surface area contributed by atoms with Crippen LogP contribution in [0.1, 0.15) is 5.56 Å². The monoisotopic (exact) mass is 408 g/mol. The molecule has 0 amide bonds. The zero-order valence-electron chi connectivity index (χ0n) is 12.7. The van der Waals surface area contributed by atoms with Crippen molar-refractivity contribution in [1.82, 2.24) is 9.55 Å². The van der Waals surface area contributed by atoms with Gasteiger partial charge >= 0.3 is 7.60 Å². The van der Waals surface area contributed by atoms with Crippen LogP contribution in [0.25, 0.3) is 22.3 Å². The van der Waals surface area contributed by atoms with Crippen molar-refractivity contribution in [2.24, 2.45) is 7.05 Å². The quantitative estimate of drug-likeness (QED) is 0.649. The summed E-state index contributed by atoms with van der Waals surface area (Å²) in [7, 11) is -2.46. The fourth-order valence-electron chi connectivity index (χ4n) is 2.50. The van der Waals surface area contributed by atoms with Gasteiger partial charge < -0.3 is 9.79 Å². The van der Waals surface area contributed by atoms with Gasteiger partial charge in [0.05, 0.1) is 17.1 Å². The highest BCUT2D eigenvalue weighted by Gasteiger charge is 2.15. The molecule has 0 saturated heterocycles. The summed E-state index contributed by atoms with van der Waals surface area (Å²) in [4.78, 5) is 35.1. The summed E-state index contributed by atoms with van der Waals surface area (Å²) in [6.45, 7) is 0. The van der Waals surface area contributed by atoms with E-state index in [0.717, 1.165) is 4.47 Å². The Bertz CT molecular complexity index is 1020. The average molecular weight is 409 g/mol. The highest BCUT2D eigenvalue weighted by Crippen LogP contribution is 2.39. The van der Waals surface area contributed by atoms with E-state index in [1.165, 1.54) is 4.57 Å². The summed E-state index contributed by atoms with van der Waals surface area (Å²) in [6.07, 6.45) is -0.315. The molecule has 1 aromatic heterocycles. The molecule has 0 aliphatic carbocycles. The van der Waals surface area contributed by atoms with Crippen LogP contribution in [0.5, 0.6) is 0 Å². The second kappa shape index (κ2) is 6.26. The highest BCUT2D eigenvalue weighted by atomic mass is 79.9. The van der Waals surface area contributed by atoms with Gasteiger partial charge in [-0.05, 0) is 23.8 Å². The van der Waals surface area contributed by atoms with Gasteiger partial charge in [0.1, 0.15) is 5.82 Å². The molecule has 0 aliphatic heterocycles. The lowest BCUT2D eigenvalue weighted by Crippen LogP contribution is -2.20. The molecule has 0 saturated carbocycles. The van der Waals surface area contributed by atoms with Crippen molar-refractivity contribution < 1.29 is 14.4 Å². The van der Waals surface area contributed by atoms with E-state index in [9.17, 15) is 9.36 Å². The third-order valence-corrected chi connectivity index (χ3v) is 4.91. The summed E-state index contributed by atoms with van der Waals surface area (Å²) in [6, 6.07) is 12.0. The SMILES string of the molecule is Cn1c(-c2ccc(CP(=O)(O)O)cc2)nc2cc(Br)ccc2c1=O. The Kier molecular flexibility index (Phi) is 4.44. The van der Waals surface area contributed by atoms with E-state index in [-0.39, 0.29) is 11.7 Å². The largest absolute Gasteiger partial charge is 0.329 e. The number of rotatable bonds is 3. The molecule has 2 N–H and O–H groups in total. The number of benzene rings is 2. The second-order valence-corrected chi connectivity index (χ2v) is 8.04. The number of nitrogens with zero attached hydrogens (tertiary/aromatic N) is 2. The molecule has 1 heterocycles. The summed E-state index contributed by atoms with van der Waals surface area (Å²) in [5, 5.41) is 0.530. The Hall–Kier alpha value is -1.79. The lowest BCUT2D eigenvalue weighted by atomic mass is 10.1. The maximum absolute atomic E-state index is 12.5. The number of halogens is 1. The molecule has 0 fully saturated rings. The van der Waals surface area contributed by atoms with E-state index in [1.54, 1.807) is 49.5 Å². The molecule has 6 nitrogen and oxygen atoms in total. The van der Waals surface area contributed by atoms with Gasteiger partial charge in [-0.15, -0.1) is 0 Å². The molecule has 124 valence electrons. The smallest absolute Gasteiger partial charge is 0.324 e. The Morgan fingerprint density at radius 3 is 2.46 bits per heavy atom. The summed E-state index contributed by atoms with van der Waals surface area (Å²) in [5.74, 6) is 0.494. The number of aromatic nitrogens is 2. The molecule has 3 aromatic rings. The van der Waals surface area contributed by atoms with Crippen LogP contribution in [0.4, 0.5) is 0 Å². The van der Waals surface area contributed by atoms with Gasteiger partial charge in [0.15, 0.2) is 0 Å². The molecule has 0 atom stereocenters. The van der Waals surface area contributed by atoms with Crippen molar-refractivity contribution in [2.75, 3.05) is 0 Å². The zero-order valence-corrected chi connectivity index (χ0v) is 15.2. The average Bonchev–Trinajstić information content (AvgIpc) is 2.50. The minimum atomic E-state index is -4.11. The maximum Gasteiger partial charge on any atom is 0.329 e. The first-order valence-electron chi connectivity index (χ1n) is 7.05. The number of fused-ring (bicyclic) bond motifs is 1. The van der Waals surface area contributed by atoms with Gasteiger partial charge in [-0.1, -0.05) is 40.2 Å². The molecular formula is C16H14BrN2O4P. The van der Waals surface area contributed by atoms with Crippen LogP contribution in [0.3, 0.4) is 0 Å². The van der Waals surface area contributed by atoms with Crippen LogP contribution in [-0.2, 0) is 17.8 Å². The molecule has 3 rings (SSSR count). The normalized spacial score (nSPS) is 11.8. The Morgan fingerprint density at radius 2 is 1.83 bits per heavy atom.